The minimum Gasteiger partial charge on any atom is -0.471 e. The highest BCUT2D eigenvalue weighted by atomic mass is 16.5. The molecule has 0 aliphatic heterocycles. The minimum absolute atomic E-state index is 0.110. The largest absolute Gasteiger partial charge is 0.471 e. The van der Waals surface area contributed by atoms with Crippen molar-refractivity contribution in [2.45, 2.75) is 33.9 Å². The van der Waals surface area contributed by atoms with Crippen LogP contribution in [0.4, 0.5) is 5.95 Å². The van der Waals surface area contributed by atoms with E-state index in [1.165, 1.54) is 0 Å². The summed E-state index contributed by atoms with van der Waals surface area (Å²) in [5.41, 5.74) is 8.36. The number of nitrogens with zero attached hydrogens (tertiary/aromatic N) is 4. The number of aromatic nitrogens is 4. The van der Waals surface area contributed by atoms with E-state index in [2.05, 4.69) is 35.7 Å². The second-order valence-electron chi connectivity index (χ2n) is 6.77. The van der Waals surface area contributed by atoms with Gasteiger partial charge in [-0.1, -0.05) is 51.1 Å². The highest BCUT2D eigenvalue weighted by Crippen LogP contribution is 2.25. The van der Waals surface area contributed by atoms with E-state index in [1.807, 2.05) is 34.9 Å². The average Bonchev–Trinajstić information content (AvgIpc) is 2.87. The summed E-state index contributed by atoms with van der Waals surface area (Å²) in [5, 5.41) is 0. The van der Waals surface area contributed by atoms with E-state index in [0.717, 1.165) is 12.1 Å². The van der Waals surface area contributed by atoms with E-state index in [-0.39, 0.29) is 11.4 Å². The van der Waals surface area contributed by atoms with E-state index in [9.17, 15) is 0 Å². The highest BCUT2D eigenvalue weighted by Gasteiger charge is 2.17. The van der Waals surface area contributed by atoms with Gasteiger partial charge >= 0.3 is 0 Å². The fourth-order valence-electron chi connectivity index (χ4n) is 2.39. The maximum Gasteiger partial charge on any atom is 0.247 e. The number of ether oxygens (including phenoxy) is 1. The lowest BCUT2D eigenvalue weighted by molar-refractivity contribution is 0.297. The van der Waals surface area contributed by atoms with Crippen LogP contribution in [0, 0.1) is 5.41 Å². The summed E-state index contributed by atoms with van der Waals surface area (Å²) >= 11 is 0. The molecule has 23 heavy (non-hydrogen) atoms. The van der Waals surface area contributed by atoms with Crippen molar-refractivity contribution in [3.8, 4) is 5.88 Å². The Bertz CT molecular complexity index is 805. The molecular weight excluding hydrogens is 290 g/mol. The van der Waals surface area contributed by atoms with Crippen LogP contribution in [-0.4, -0.2) is 19.5 Å². The topological polar surface area (TPSA) is 78.8 Å². The molecule has 0 spiro atoms. The molecule has 6 heteroatoms. The predicted molar refractivity (Wildman–Crippen MR) is 90.0 cm³/mol. The molecular formula is C17H21N5O. The third kappa shape index (κ3) is 3.59. The molecule has 0 saturated heterocycles. The smallest absolute Gasteiger partial charge is 0.247 e. The maximum atomic E-state index is 5.84. The number of nitrogen functional groups attached to an aromatic ring is 1. The molecule has 3 aromatic rings. The molecule has 0 atom stereocenters. The number of hydrogen-bond donors (Lipinski definition) is 1. The first-order valence-electron chi connectivity index (χ1n) is 7.57. The fourth-order valence-corrected chi connectivity index (χ4v) is 2.39. The summed E-state index contributed by atoms with van der Waals surface area (Å²) in [6.45, 7) is 7.69. The van der Waals surface area contributed by atoms with Crippen LogP contribution < -0.4 is 10.5 Å². The van der Waals surface area contributed by atoms with Crippen molar-refractivity contribution in [1.82, 2.24) is 19.5 Å². The Morgan fingerprint density at radius 2 is 1.87 bits per heavy atom. The number of fused-ring (bicyclic) bond motifs is 1. The van der Waals surface area contributed by atoms with Gasteiger partial charge in [-0.15, -0.1) is 0 Å². The number of hydrogen-bond acceptors (Lipinski definition) is 5. The highest BCUT2D eigenvalue weighted by molar-refractivity contribution is 5.77. The van der Waals surface area contributed by atoms with Gasteiger partial charge < -0.3 is 15.0 Å². The second-order valence-corrected chi connectivity index (χ2v) is 6.77. The molecule has 0 unspecified atom stereocenters. The summed E-state index contributed by atoms with van der Waals surface area (Å²) in [4.78, 5) is 12.9. The molecule has 1 aromatic carbocycles. The van der Waals surface area contributed by atoms with E-state index >= 15 is 0 Å². The molecule has 0 radical (unpaired) electrons. The third-order valence-corrected chi connectivity index (χ3v) is 3.31. The molecule has 0 amide bonds. The molecule has 2 heterocycles. The zero-order valence-electron chi connectivity index (χ0n) is 13.7. The summed E-state index contributed by atoms with van der Waals surface area (Å²) in [6, 6.07) is 9.92. The van der Waals surface area contributed by atoms with Crippen molar-refractivity contribution < 1.29 is 4.74 Å². The number of imidazole rings is 1. The Balaban J connectivity index is 1.91. The lowest BCUT2D eigenvalue weighted by Gasteiger charge is -2.18. The van der Waals surface area contributed by atoms with Crippen LogP contribution >= 0.6 is 0 Å². The van der Waals surface area contributed by atoms with Gasteiger partial charge in [-0.05, 0) is 11.0 Å². The molecule has 2 N–H and O–H groups in total. The van der Waals surface area contributed by atoms with E-state index in [0.29, 0.717) is 23.7 Å². The standard InChI is InChI=1S/C17H21N5O/c1-17(2,3)10-22-11-19-13-14(22)20-16(18)21-15(13)23-9-12-7-5-4-6-8-12/h4-8,11H,9-10H2,1-3H3,(H2,18,20,21). The Labute approximate surface area is 135 Å². The Morgan fingerprint density at radius 1 is 1.13 bits per heavy atom. The van der Waals surface area contributed by atoms with Crippen LogP contribution in [0.25, 0.3) is 11.2 Å². The summed E-state index contributed by atoms with van der Waals surface area (Å²) in [7, 11) is 0. The number of anilines is 1. The molecule has 0 fully saturated rings. The fraction of sp³-hybridized carbons (Fsp3) is 0.353. The van der Waals surface area contributed by atoms with Gasteiger partial charge in [0.2, 0.25) is 11.8 Å². The molecule has 120 valence electrons. The van der Waals surface area contributed by atoms with Crippen molar-refractivity contribution in [3.63, 3.8) is 0 Å². The predicted octanol–water partition coefficient (Wildman–Crippen LogP) is 3.03. The quantitative estimate of drug-likeness (QED) is 0.801. The molecule has 0 aliphatic carbocycles. The molecule has 2 aromatic heterocycles. The lowest BCUT2D eigenvalue weighted by Crippen LogP contribution is -2.15. The van der Waals surface area contributed by atoms with Gasteiger partial charge in [0.25, 0.3) is 0 Å². The summed E-state index contributed by atoms with van der Waals surface area (Å²) in [5.74, 6) is 0.611. The zero-order valence-corrected chi connectivity index (χ0v) is 13.7. The number of rotatable bonds is 4. The van der Waals surface area contributed by atoms with Crippen molar-refractivity contribution in [1.29, 1.82) is 0 Å². The second kappa shape index (κ2) is 5.87. The summed E-state index contributed by atoms with van der Waals surface area (Å²) in [6.07, 6.45) is 1.76. The van der Waals surface area contributed by atoms with Gasteiger partial charge in [0.05, 0.1) is 6.33 Å². The van der Waals surface area contributed by atoms with Crippen molar-refractivity contribution in [3.05, 3.63) is 42.2 Å². The van der Waals surface area contributed by atoms with Gasteiger partial charge in [0.15, 0.2) is 11.2 Å². The van der Waals surface area contributed by atoms with Gasteiger partial charge in [-0.25, -0.2) is 4.98 Å². The van der Waals surface area contributed by atoms with Crippen LogP contribution in [0.5, 0.6) is 5.88 Å². The van der Waals surface area contributed by atoms with Gasteiger partial charge in [0.1, 0.15) is 6.61 Å². The monoisotopic (exact) mass is 311 g/mol. The van der Waals surface area contributed by atoms with E-state index < -0.39 is 0 Å². The Kier molecular flexibility index (Phi) is 3.90. The average molecular weight is 311 g/mol. The van der Waals surface area contributed by atoms with Crippen LogP contribution in [0.3, 0.4) is 0 Å². The third-order valence-electron chi connectivity index (χ3n) is 3.31. The van der Waals surface area contributed by atoms with Crippen molar-refractivity contribution >= 4 is 17.1 Å². The minimum atomic E-state index is 0.110. The molecule has 0 bridgehead atoms. The molecule has 6 nitrogen and oxygen atoms in total. The SMILES string of the molecule is CC(C)(C)Cn1cnc2c(OCc3ccccc3)nc(N)nc21. The maximum absolute atomic E-state index is 5.84. The molecule has 0 aliphatic rings. The summed E-state index contributed by atoms with van der Waals surface area (Å²) < 4.78 is 7.81. The van der Waals surface area contributed by atoms with Crippen molar-refractivity contribution in [2.75, 3.05) is 5.73 Å². The van der Waals surface area contributed by atoms with Crippen LogP contribution in [-0.2, 0) is 13.2 Å². The van der Waals surface area contributed by atoms with Gasteiger partial charge in [-0.2, -0.15) is 9.97 Å². The van der Waals surface area contributed by atoms with Crippen LogP contribution in [0.15, 0.2) is 36.7 Å². The number of nitrogens with two attached hydrogens (primary N) is 1. The lowest BCUT2D eigenvalue weighted by atomic mass is 9.97. The van der Waals surface area contributed by atoms with E-state index in [1.54, 1.807) is 6.33 Å². The van der Waals surface area contributed by atoms with Crippen LogP contribution in [0.2, 0.25) is 0 Å². The van der Waals surface area contributed by atoms with Gasteiger partial charge in [-0.3, -0.25) is 0 Å². The van der Waals surface area contributed by atoms with Gasteiger partial charge in [0, 0.05) is 6.54 Å². The first kappa shape index (κ1) is 15.3. The number of benzene rings is 1. The Morgan fingerprint density at radius 3 is 2.57 bits per heavy atom. The first-order valence-corrected chi connectivity index (χ1v) is 7.57. The molecule has 3 rings (SSSR count). The van der Waals surface area contributed by atoms with E-state index in [4.69, 9.17) is 10.5 Å². The van der Waals surface area contributed by atoms with Crippen molar-refractivity contribution in [2.24, 2.45) is 5.41 Å². The van der Waals surface area contributed by atoms with Crippen LogP contribution in [0.1, 0.15) is 26.3 Å². The normalized spacial score (nSPS) is 11.8. The first-order chi connectivity index (χ1) is 10.9. The molecule has 0 saturated carbocycles. The Hall–Kier alpha value is -2.63. The zero-order chi connectivity index (χ0) is 16.4.